The summed E-state index contributed by atoms with van der Waals surface area (Å²) in [6, 6.07) is 0. The Morgan fingerprint density at radius 1 is 1.12 bits per heavy atom. The molecule has 2 fully saturated rings. The van der Waals surface area contributed by atoms with Crippen LogP contribution in [0.15, 0.2) is 12.2 Å². The minimum atomic E-state index is -0.814. The number of carbonyl (C=O) groups excluding carboxylic acids is 2. The van der Waals surface area contributed by atoms with Crippen LogP contribution < -0.4 is 0 Å². The van der Waals surface area contributed by atoms with E-state index in [2.05, 4.69) is 0 Å². The molecule has 0 aromatic rings. The number of ketones is 2. The third kappa shape index (κ3) is 1.20. The summed E-state index contributed by atoms with van der Waals surface area (Å²) >= 11 is 0. The fourth-order valence-corrected chi connectivity index (χ4v) is 3.68. The summed E-state index contributed by atoms with van der Waals surface area (Å²) in [5.74, 6) is -0.971. The van der Waals surface area contributed by atoms with Gasteiger partial charge in [-0.1, -0.05) is 12.2 Å². The number of hydrogen-bond donors (Lipinski definition) is 0. The van der Waals surface area contributed by atoms with Gasteiger partial charge < -0.3 is 9.47 Å². The normalized spacial score (nSPS) is 42.0. The SMILES string of the molecule is COC1(OC)C2C=CC1C1C(=O)CC1C(=O)C2. The molecule has 2 saturated carbocycles. The number of methoxy groups -OCH3 is 2. The molecule has 0 radical (unpaired) electrons. The van der Waals surface area contributed by atoms with Gasteiger partial charge in [-0.05, 0) is 0 Å². The average Bonchev–Trinajstić information content (AvgIpc) is 2.60. The first kappa shape index (κ1) is 11.1. The van der Waals surface area contributed by atoms with E-state index in [9.17, 15) is 9.59 Å². The highest BCUT2D eigenvalue weighted by atomic mass is 16.7. The molecule has 0 heterocycles. The van der Waals surface area contributed by atoms with Crippen molar-refractivity contribution in [2.75, 3.05) is 14.2 Å². The van der Waals surface area contributed by atoms with E-state index in [1.54, 1.807) is 14.2 Å². The first-order valence-electron chi connectivity index (χ1n) is 5.98. The zero-order valence-electron chi connectivity index (χ0n) is 10.0. The lowest BCUT2D eigenvalue weighted by molar-refractivity contribution is -0.254. The molecule has 0 aliphatic heterocycles. The zero-order valence-corrected chi connectivity index (χ0v) is 10.0. The molecule has 3 rings (SSSR count). The predicted molar refractivity (Wildman–Crippen MR) is 59.1 cm³/mol. The number of carbonyl (C=O) groups is 2. The Labute approximate surface area is 100.0 Å². The predicted octanol–water partition coefficient (Wildman–Crippen LogP) is 0.956. The van der Waals surface area contributed by atoms with Gasteiger partial charge in [-0.25, -0.2) is 0 Å². The summed E-state index contributed by atoms with van der Waals surface area (Å²) in [6.07, 6.45) is 4.80. The van der Waals surface area contributed by atoms with Crippen LogP contribution in [0.1, 0.15) is 12.8 Å². The number of Topliss-reactive ketones (excluding diaryl/α,β-unsaturated/α-hetero) is 2. The Hall–Kier alpha value is -1.00. The summed E-state index contributed by atoms with van der Waals surface area (Å²) in [5, 5.41) is 0. The summed E-state index contributed by atoms with van der Waals surface area (Å²) in [5.41, 5.74) is 0. The molecule has 3 aliphatic rings. The molecule has 0 amide bonds. The van der Waals surface area contributed by atoms with Gasteiger partial charge in [0.25, 0.3) is 0 Å². The van der Waals surface area contributed by atoms with Crippen LogP contribution >= 0.6 is 0 Å². The van der Waals surface area contributed by atoms with Crippen molar-refractivity contribution >= 4 is 11.6 Å². The standard InChI is InChI=1S/C13H16O4/c1-16-13(17-2)7-3-4-9(13)12-8(6-11(12)15)10(14)5-7/h3-4,7-9,12H,5-6H2,1-2H3. The number of hydrogen-bond acceptors (Lipinski definition) is 4. The van der Waals surface area contributed by atoms with Crippen molar-refractivity contribution in [1.82, 2.24) is 0 Å². The molecule has 2 bridgehead atoms. The first-order chi connectivity index (χ1) is 8.14. The van der Waals surface area contributed by atoms with Crippen molar-refractivity contribution in [3.8, 4) is 0 Å². The summed E-state index contributed by atoms with van der Waals surface area (Å²) in [7, 11) is 3.18. The van der Waals surface area contributed by atoms with Crippen LogP contribution in [0.5, 0.6) is 0 Å². The minimum Gasteiger partial charge on any atom is -0.352 e. The van der Waals surface area contributed by atoms with Crippen LogP contribution in [0.25, 0.3) is 0 Å². The topological polar surface area (TPSA) is 52.6 Å². The van der Waals surface area contributed by atoms with Gasteiger partial charge in [0.05, 0.1) is 0 Å². The summed E-state index contributed by atoms with van der Waals surface area (Å²) in [6.45, 7) is 0. The summed E-state index contributed by atoms with van der Waals surface area (Å²) < 4.78 is 11.1. The second-order valence-electron chi connectivity index (χ2n) is 5.12. The highest BCUT2D eigenvalue weighted by Gasteiger charge is 2.62. The number of rotatable bonds is 2. The van der Waals surface area contributed by atoms with E-state index in [0.717, 1.165) is 0 Å². The van der Waals surface area contributed by atoms with Crippen LogP contribution in [-0.2, 0) is 19.1 Å². The quantitative estimate of drug-likeness (QED) is 0.529. The van der Waals surface area contributed by atoms with E-state index in [0.29, 0.717) is 12.8 Å². The Bertz CT molecular complexity index is 408. The molecular formula is C13H16O4. The van der Waals surface area contributed by atoms with Gasteiger partial charge in [-0.3, -0.25) is 9.59 Å². The van der Waals surface area contributed by atoms with Crippen molar-refractivity contribution in [2.45, 2.75) is 18.6 Å². The van der Waals surface area contributed by atoms with Crippen molar-refractivity contribution in [3.63, 3.8) is 0 Å². The molecule has 17 heavy (non-hydrogen) atoms. The second-order valence-corrected chi connectivity index (χ2v) is 5.12. The third-order valence-electron chi connectivity index (χ3n) is 4.62. The number of fused-ring (bicyclic) bond motifs is 4. The van der Waals surface area contributed by atoms with Gasteiger partial charge in [-0.15, -0.1) is 0 Å². The lowest BCUT2D eigenvalue weighted by Gasteiger charge is -2.42. The third-order valence-corrected chi connectivity index (χ3v) is 4.62. The molecule has 0 N–H and O–H groups in total. The van der Waals surface area contributed by atoms with Crippen molar-refractivity contribution in [3.05, 3.63) is 12.2 Å². The smallest absolute Gasteiger partial charge is 0.181 e. The molecule has 4 nitrogen and oxygen atoms in total. The molecule has 3 aliphatic carbocycles. The van der Waals surface area contributed by atoms with E-state index >= 15 is 0 Å². The largest absolute Gasteiger partial charge is 0.352 e. The molecule has 0 aromatic carbocycles. The first-order valence-corrected chi connectivity index (χ1v) is 5.98. The zero-order chi connectivity index (χ0) is 12.2. The Kier molecular flexibility index (Phi) is 2.28. The van der Waals surface area contributed by atoms with Gasteiger partial charge in [0.1, 0.15) is 11.6 Å². The Morgan fingerprint density at radius 2 is 1.82 bits per heavy atom. The molecule has 4 heteroatoms. The molecule has 0 saturated heterocycles. The second kappa shape index (κ2) is 3.50. The highest BCUT2D eigenvalue weighted by molar-refractivity contribution is 6.00. The maximum absolute atomic E-state index is 12.0. The van der Waals surface area contributed by atoms with Gasteiger partial charge in [0.2, 0.25) is 0 Å². The van der Waals surface area contributed by atoms with E-state index in [1.807, 2.05) is 12.2 Å². The average molecular weight is 236 g/mol. The Balaban J connectivity index is 2.06. The van der Waals surface area contributed by atoms with Crippen LogP contribution in [0, 0.1) is 23.7 Å². The lowest BCUT2D eigenvalue weighted by Crippen LogP contribution is -2.52. The molecule has 4 unspecified atom stereocenters. The minimum absolute atomic E-state index is 0.0617. The van der Waals surface area contributed by atoms with Crippen molar-refractivity contribution < 1.29 is 19.1 Å². The van der Waals surface area contributed by atoms with Gasteiger partial charge in [0, 0.05) is 50.7 Å². The maximum atomic E-state index is 12.0. The van der Waals surface area contributed by atoms with Gasteiger partial charge in [-0.2, -0.15) is 0 Å². The van der Waals surface area contributed by atoms with Crippen molar-refractivity contribution in [1.29, 1.82) is 0 Å². The highest BCUT2D eigenvalue weighted by Crippen LogP contribution is 2.54. The fraction of sp³-hybridized carbons (Fsp3) is 0.692. The van der Waals surface area contributed by atoms with Crippen LogP contribution in [0.2, 0.25) is 0 Å². The van der Waals surface area contributed by atoms with Crippen LogP contribution in [-0.4, -0.2) is 31.6 Å². The lowest BCUT2D eigenvalue weighted by atomic mass is 9.64. The summed E-state index contributed by atoms with van der Waals surface area (Å²) in [4.78, 5) is 23.8. The van der Waals surface area contributed by atoms with E-state index in [4.69, 9.17) is 9.47 Å². The molecule has 0 aromatic heterocycles. The van der Waals surface area contributed by atoms with E-state index < -0.39 is 5.79 Å². The molecule has 4 atom stereocenters. The van der Waals surface area contributed by atoms with Crippen LogP contribution in [0.4, 0.5) is 0 Å². The maximum Gasteiger partial charge on any atom is 0.181 e. The van der Waals surface area contributed by atoms with E-state index in [-0.39, 0.29) is 35.2 Å². The van der Waals surface area contributed by atoms with Gasteiger partial charge in [0.15, 0.2) is 5.79 Å². The van der Waals surface area contributed by atoms with Gasteiger partial charge >= 0.3 is 0 Å². The van der Waals surface area contributed by atoms with E-state index in [1.165, 1.54) is 0 Å². The Morgan fingerprint density at radius 3 is 2.41 bits per heavy atom. The van der Waals surface area contributed by atoms with Crippen LogP contribution in [0.3, 0.4) is 0 Å². The fourth-order valence-electron chi connectivity index (χ4n) is 3.68. The molecular weight excluding hydrogens is 220 g/mol. The van der Waals surface area contributed by atoms with Crippen molar-refractivity contribution in [2.24, 2.45) is 23.7 Å². The number of ether oxygens (including phenoxy) is 2. The molecule has 92 valence electrons. The molecule has 0 spiro atoms. The monoisotopic (exact) mass is 236 g/mol.